The molecule has 0 aliphatic heterocycles. The Morgan fingerprint density at radius 1 is 1.18 bits per heavy atom. The van der Waals surface area contributed by atoms with E-state index in [1.165, 1.54) is 0 Å². The molecule has 0 radical (unpaired) electrons. The molecular weight excluding hydrogens is 369 g/mol. The molecule has 0 saturated heterocycles. The lowest BCUT2D eigenvalue weighted by molar-refractivity contribution is 1.05. The van der Waals surface area contributed by atoms with Gasteiger partial charge in [0, 0.05) is 26.4 Å². The van der Waals surface area contributed by atoms with Crippen LogP contribution in [0.25, 0.3) is 11.5 Å². The summed E-state index contributed by atoms with van der Waals surface area (Å²) in [5.74, 6) is 0.525. The highest BCUT2D eigenvalue weighted by Crippen LogP contribution is 2.28. The maximum atomic E-state index is 6.05. The fraction of sp³-hybridized carbons (Fsp3) is 0.182. The zero-order valence-electron chi connectivity index (χ0n) is 9.13. The average molecular weight is 377 g/mol. The molecule has 0 saturated carbocycles. The second kappa shape index (κ2) is 5.00. The SMILES string of the molecule is Cc1nc(-c2ncc(Br)cc2Br)nc(Cl)c1C. The summed E-state index contributed by atoms with van der Waals surface area (Å²) in [6.07, 6.45) is 1.70. The van der Waals surface area contributed by atoms with E-state index in [1.54, 1.807) is 6.20 Å². The van der Waals surface area contributed by atoms with Gasteiger partial charge in [-0.25, -0.2) is 9.97 Å². The lowest BCUT2D eigenvalue weighted by Crippen LogP contribution is -1.98. The van der Waals surface area contributed by atoms with Crippen molar-refractivity contribution < 1.29 is 0 Å². The number of pyridine rings is 1. The van der Waals surface area contributed by atoms with Crippen molar-refractivity contribution in [1.82, 2.24) is 15.0 Å². The van der Waals surface area contributed by atoms with Gasteiger partial charge in [-0.05, 0) is 51.8 Å². The molecule has 0 N–H and O–H groups in total. The van der Waals surface area contributed by atoms with E-state index in [0.29, 0.717) is 16.7 Å². The van der Waals surface area contributed by atoms with E-state index in [4.69, 9.17) is 11.6 Å². The Bertz CT molecular complexity index is 564. The summed E-state index contributed by atoms with van der Waals surface area (Å²) in [5.41, 5.74) is 2.43. The quantitative estimate of drug-likeness (QED) is 0.694. The van der Waals surface area contributed by atoms with Gasteiger partial charge in [0.15, 0.2) is 5.82 Å². The highest BCUT2D eigenvalue weighted by Gasteiger charge is 2.12. The first-order chi connectivity index (χ1) is 7.99. The highest BCUT2D eigenvalue weighted by atomic mass is 79.9. The summed E-state index contributed by atoms with van der Waals surface area (Å²) in [7, 11) is 0. The van der Waals surface area contributed by atoms with Crippen LogP contribution in [0.2, 0.25) is 5.15 Å². The van der Waals surface area contributed by atoms with E-state index in [0.717, 1.165) is 20.2 Å². The molecular formula is C11H8Br2ClN3. The molecule has 88 valence electrons. The highest BCUT2D eigenvalue weighted by molar-refractivity contribution is 9.11. The van der Waals surface area contributed by atoms with Gasteiger partial charge in [-0.1, -0.05) is 11.6 Å². The first kappa shape index (κ1) is 12.9. The summed E-state index contributed by atoms with van der Waals surface area (Å²) < 4.78 is 1.72. The summed E-state index contributed by atoms with van der Waals surface area (Å²) in [4.78, 5) is 12.9. The van der Waals surface area contributed by atoms with Crippen molar-refractivity contribution >= 4 is 43.5 Å². The molecule has 0 unspecified atom stereocenters. The van der Waals surface area contributed by atoms with Gasteiger partial charge in [0.2, 0.25) is 0 Å². The van der Waals surface area contributed by atoms with Crippen LogP contribution in [0.3, 0.4) is 0 Å². The summed E-state index contributed by atoms with van der Waals surface area (Å²) >= 11 is 12.8. The van der Waals surface area contributed by atoms with Crippen LogP contribution in [0.4, 0.5) is 0 Å². The Morgan fingerprint density at radius 3 is 2.47 bits per heavy atom. The zero-order chi connectivity index (χ0) is 12.6. The normalized spacial score (nSPS) is 10.6. The lowest BCUT2D eigenvalue weighted by atomic mass is 10.2. The van der Waals surface area contributed by atoms with Gasteiger partial charge in [0.25, 0.3) is 0 Å². The smallest absolute Gasteiger partial charge is 0.181 e. The Labute approximate surface area is 121 Å². The summed E-state index contributed by atoms with van der Waals surface area (Å²) in [6, 6.07) is 1.90. The van der Waals surface area contributed by atoms with Crippen molar-refractivity contribution in [3.63, 3.8) is 0 Å². The third kappa shape index (κ3) is 2.67. The van der Waals surface area contributed by atoms with Crippen LogP contribution in [-0.2, 0) is 0 Å². The zero-order valence-corrected chi connectivity index (χ0v) is 13.1. The van der Waals surface area contributed by atoms with E-state index in [1.807, 2.05) is 19.9 Å². The molecule has 0 aromatic carbocycles. The minimum absolute atomic E-state index is 0.462. The number of aromatic nitrogens is 3. The molecule has 0 bridgehead atoms. The first-order valence-corrected chi connectivity index (χ1v) is 6.77. The molecule has 0 atom stereocenters. The molecule has 0 fully saturated rings. The topological polar surface area (TPSA) is 38.7 Å². The minimum Gasteiger partial charge on any atom is -0.251 e. The summed E-state index contributed by atoms with van der Waals surface area (Å²) in [6.45, 7) is 3.80. The molecule has 17 heavy (non-hydrogen) atoms. The number of halogens is 3. The van der Waals surface area contributed by atoms with Crippen LogP contribution in [0.5, 0.6) is 0 Å². The largest absolute Gasteiger partial charge is 0.251 e. The second-order valence-corrected chi connectivity index (χ2v) is 5.66. The van der Waals surface area contributed by atoms with E-state index in [2.05, 4.69) is 46.8 Å². The Kier molecular flexibility index (Phi) is 3.80. The average Bonchev–Trinajstić information content (AvgIpc) is 2.25. The van der Waals surface area contributed by atoms with Gasteiger partial charge in [-0.3, -0.25) is 4.98 Å². The van der Waals surface area contributed by atoms with Crippen molar-refractivity contribution in [2.24, 2.45) is 0 Å². The van der Waals surface area contributed by atoms with Crippen molar-refractivity contribution in [3.05, 3.63) is 37.6 Å². The number of hydrogen-bond acceptors (Lipinski definition) is 3. The molecule has 3 nitrogen and oxygen atoms in total. The number of aryl methyl sites for hydroxylation is 1. The second-order valence-electron chi connectivity index (χ2n) is 3.53. The molecule has 2 rings (SSSR count). The monoisotopic (exact) mass is 375 g/mol. The molecule has 6 heteroatoms. The maximum Gasteiger partial charge on any atom is 0.181 e. The minimum atomic E-state index is 0.462. The molecule has 0 spiro atoms. The van der Waals surface area contributed by atoms with Crippen LogP contribution >= 0.6 is 43.5 Å². The van der Waals surface area contributed by atoms with E-state index < -0.39 is 0 Å². The predicted molar refractivity (Wildman–Crippen MR) is 75.1 cm³/mol. The van der Waals surface area contributed by atoms with Crippen molar-refractivity contribution in [3.8, 4) is 11.5 Å². The Balaban J connectivity index is 2.61. The predicted octanol–water partition coefficient (Wildman–Crippen LogP) is 4.33. The Morgan fingerprint density at radius 2 is 1.88 bits per heavy atom. The molecule has 0 amide bonds. The van der Waals surface area contributed by atoms with Crippen molar-refractivity contribution in [2.45, 2.75) is 13.8 Å². The fourth-order valence-corrected chi connectivity index (χ4v) is 2.66. The van der Waals surface area contributed by atoms with Gasteiger partial charge >= 0.3 is 0 Å². The molecule has 0 aliphatic carbocycles. The standard InChI is InChI=1S/C11H8Br2ClN3/c1-5-6(2)16-11(17-10(5)14)9-8(13)3-7(12)4-15-9/h3-4H,1-2H3. The van der Waals surface area contributed by atoms with Crippen LogP contribution < -0.4 is 0 Å². The van der Waals surface area contributed by atoms with Crippen molar-refractivity contribution in [2.75, 3.05) is 0 Å². The molecule has 2 heterocycles. The Hall–Kier alpha value is -0.520. The van der Waals surface area contributed by atoms with Gasteiger partial charge in [0.05, 0.1) is 0 Å². The van der Waals surface area contributed by atoms with E-state index in [-0.39, 0.29) is 0 Å². The summed E-state index contributed by atoms with van der Waals surface area (Å²) in [5, 5.41) is 0.462. The molecule has 2 aromatic rings. The van der Waals surface area contributed by atoms with E-state index >= 15 is 0 Å². The van der Waals surface area contributed by atoms with Crippen LogP contribution in [0.15, 0.2) is 21.2 Å². The van der Waals surface area contributed by atoms with Gasteiger partial charge in [-0.15, -0.1) is 0 Å². The van der Waals surface area contributed by atoms with Gasteiger partial charge < -0.3 is 0 Å². The van der Waals surface area contributed by atoms with Crippen molar-refractivity contribution in [1.29, 1.82) is 0 Å². The maximum absolute atomic E-state index is 6.05. The first-order valence-electron chi connectivity index (χ1n) is 4.81. The van der Waals surface area contributed by atoms with Crippen LogP contribution in [-0.4, -0.2) is 15.0 Å². The molecule has 2 aromatic heterocycles. The number of hydrogen-bond donors (Lipinski definition) is 0. The van der Waals surface area contributed by atoms with Gasteiger partial charge in [0.1, 0.15) is 10.8 Å². The van der Waals surface area contributed by atoms with Gasteiger partial charge in [-0.2, -0.15) is 0 Å². The third-order valence-electron chi connectivity index (χ3n) is 2.35. The number of rotatable bonds is 1. The third-order valence-corrected chi connectivity index (χ3v) is 3.76. The molecule has 0 aliphatic rings. The number of nitrogens with zero attached hydrogens (tertiary/aromatic N) is 3. The fourth-order valence-electron chi connectivity index (χ4n) is 1.28. The lowest BCUT2D eigenvalue weighted by Gasteiger charge is -2.06. The van der Waals surface area contributed by atoms with Crippen LogP contribution in [0, 0.1) is 13.8 Å². The van der Waals surface area contributed by atoms with E-state index in [9.17, 15) is 0 Å². The van der Waals surface area contributed by atoms with Crippen LogP contribution in [0.1, 0.15) is 11.3 Å².